The summed E-state index contributed by atoms with van der Waals surface area (Å²) in [5.41, 5.74) is 30.8. The van der Waals surface area contributed by atoms with Crippen LogP contribution < -0.4 is 9.80 Å². The van der Waals surface area contributed by atoms with Crippen LogP contribution >= 0.6 is 0 Å². The van der Waals surface area contributed by atoms with Gasteiger partial charge in [-0.15, -0.1) is 0 Å². The Morgan fingerprint density at radius 3 is 1.27 bits per heavy atom. The second-order valence-electron chi connectivity index (χ2n) is 28.8. The SMILES string of the molecule is CC1(C)c2cc(-c3ccc4ccccc4c3)ccc2-c2ccc(N(c3ccc4oc5cc(-c6ccc(-c7ccccc7)c(N(c7ccc8c(c7)C(C)(C)c7cc(-c9ccc%10ccccc%10c9)ccc7-8)c7cccc8c7oc7ccccc78)c6)ccc5c4c3)c3ccccc3-c3ccccc3)cc21. The van der Waals surface area contributed by atoms with Crippen LogP contribution in [0.2, 0.25) is 0 Å². The predicted octanol–water partition coefficient (Wildman–Crippen LogP) is 27.7. The van der Waals surface area contributed by atoms with Crippen LogP contribution in [0.5, 0.6) is 0 Å². The second-order valence-corrected chi connectivity index (χ2v) is 28.8. The van der Waals surface area contributed by atoms with Crippen LogP contribution in [0.1, 0.15) is 49.9 Å². The number of hydrogen-bond donors (Lipinski definition) is 0. The summed E-state index contributed by atoms with van der Waals surface area (Å²) in [7, 11) is 0. The molecule has 0 unspecified atom stereocenters. The minimum absolute atomic E-state index is 0.276. The first-order chi connectivity index (χ1) is 50.0. The van der Waals surface area contributed by atoms with E-state index in [4.69, 9.17) is 8.83 Å². The molecule has 0 radical (unpaired) electrons. The van der Waals surface area contributed by atoms with Crippen LogP contribution in [0.4, 0.5) is 34.1 Å². The molecular formula is C98H68N2O2. The van der Waals surface area contributed by atoms with Crippen molar-refractivity contribution in [2.24, 2.45) is 0 Å². The van der Waals surface area contributed by atoms with Crippen LogP contribution in [-0.4, -0.2) is 0 Å². The van der Waals surface area contributed by atoms with E-state index in [0.29, 0.717) is 0 Å². The quantitative estimate of drug-likeness (QED) is 0.129. The molecule has 2 heterocycles. The monoisotopic (exact) mass is 1300 g/mol. The molecule has 0 amide bonds. The Balaban J connectivity index is 0.710. The fourth-order valence-corrected chi connectivity index (χ4v) is 16.9. The van der Waals surface area contributed by atoms with E-state index in [1.807, 2.05) is 0 Å². The normalized spacial score (nSPS) is 13.3. The molecule has 0 aliphatic heterocycles. The molecule has 2 aliphatic carbocycles. The van der Waals surface area contributed by atoms with E-state index in [-0.39, 0.29) is 10.8 Å². The van der Waals surface area contributed by atoms with Gasteiger partial charge in [0.25, 0.3) is 0 Å². The third-order valence-electron chi connectivity index (χ3n) is 22.2. The van der Waals surface area contributed by atoms with Crippen molar-refractivity contribution < 1.29 is 8.83 Å². The lowest BCUT2D eigenvalue weighted by Crippen LogP contribution is -2.17. The Hall–Kier alpha value is -12.8. The molecule has 16 aromatic carbocycles. The lowest BCUT2D eigenvalue weighted by molar-refractivity contribution is 0.660. The molecule has 0 fully saturated rings. The van der Waals surface area contributed by atoms with Gasteiger partial charge in [-0.2, -0.15) is 0 Å². The van der Waals surface area contributed by atoms with Crippen molar-refractivity contribution >= 4 is 99.5 Å². The highest BCUT2D eigenvalue weighted by molar-refractivity contribution is 6.12. The first-order valence-electron chi connectivity index (χ1n) is 35.4. The van der Waals surface area contributed by atoms with Crippen LogP contribution in [0, 0.1) is 0 Å². The third-order valence-corrected chi connectivity index (χ3v) is 22.2. The number of benzene rings is 16. The fourth-order valence-electron chi connectivity index (χ4n) is 16.9. The van der Waals surface area contributed by atoms with Crippen molar-refractivity contribution in [1.82, 2.24) is 0 Å². The topological polar surface area (TPSA) is 32.8 Å². The van der Waals surface area contributed by atoms with Gasteiger partial charge in [0.15, 0.2) is 5.58 Å². The molecule has 0 spiro atoms. The van der Waals surface area contributed by atoms with E-state index < -0.39 is 0 Å². The smallest absolute Gasteiger partial charge is 0.159 e. The van der Waals surface area contributed by atoms with E-state index in [9.17, 15) is 0 Å². The van der Waals surface area contributed by atoms with E-state index >= 15 is 0 Å². The zero-order valence-corrected chi connectivity index (χ0v) is 57.0. The van der Waals surface area contributed by atoms with E-state index in [0.717, 1.165) is 111 Å². The van der Waals surface area contributed by atoms with Crippen LogP contribution in [0.15, 0.2) is 349 Å². The van der Waals surface area contributed by atoms with Crippen molar-refractivity contribution in [3.63, 3.8) is 0 Å². The molecule has 2 aromatic heterocycles. The van der Waals surface area contributed by atoms with Crippen molar-refractivity contribution in [2.75, 3.05) is 9.80 Å². The number of para-hydroxylation sites is 3. The van der Waals surface area contributed by atoms with Crippen LogP contribution in [-0.2, 0) is 10.8 Å². The zero-order valence-electron chi connectivity index (χ0n) is 57.0. The summed E-state index contributed by atoms with van der Waals surface area (Å²) in [6, 6.07) is 125. The summed E-state index contributed by atoms with van der Waals surface area (Å²) in [4.78, 5) is 4.90. The highest BCUT2D eigenvalue weighted by Gasteiger charge is 2.39. The van der Waals surface area contributed by atoms with Gasteiger partial charge in [-0.1, -0.05) is 264 Å². The van der Waals surface area contributed by atoms with Crippen LogP contribution in [0.3, 0.4) is 0 Å². The van der Waals surface area contributed by atoms with Gasteiger partial charge in [-0.05, 0) is 214 Å². The van der Waals surface area contributed by atoms with Gasteiger partial charge in [-0.3, -0.25) is 0 Å². The molecule has 0 saturated heterocycles. The fraction of sp³-hybridized carbons (Fsp3) is 0.0612. The average Bonchev–Trinajstić information content (AvgIpc) is 1.56. The van der Waals surface area contributed by atoms with Crippen molar-refractivity contribution in [2.45, 2.75) is 38.5 Å². The molecule has 20 rings (SSSR count). The molecule has 0 N–H and O–H groups in total. The van der Waals surface area contributed by atoms with Crippen molar-refractivity contribution in [3.8, 4) is 77.9 Å². The predicted molar refractivity (Wildman–Crippen MR) is 428 cm³/mol. The third kappa shape index (κ3) is 9.43. The standard InChI is InChI=1S/C98H68N2O2/c1-97(2)86-54-69(67-36-34-61-20-11-13-26-65(61)52-67)39-46-78(86)80-49-42-74(59-88(80)97)99(90-31-17-15-28-76(90)63-22-7-5-8-23-63)73-44-51-94-85(58-73)83-48-41-72(57-95(83)101-94)71-38-45-77(64-24-9-6-10-25-64)92(56-71)100(91-32-19-30-84-82-29-16-18-33-93(82)102-96(84)91)75-43-50-81-79-47-40-70(55-87(79)98(3,4)89(81)60-75)68-37-35-62-21-12-14-27-66(62)53-68/h5-60H,1-4H3. The molecule has 102 heavy (non-hydrogen) atoms. The molecule has 0 bridgehead atoms. The lowest BCUT2D eigenvalue weighted by Gasteiger charge is -2.30. The number of rotatable bonds is 11. The molecule has 4 nitrogen and oxygen atoms in total. The number of anilines is 6. The average molecular weight is 1310 g/mol. The molecule has 2 aliphatic rings. The summed E-state index contributed by atoms with van der Waals surface area (Å²) < 4.78 is 14.0. The number of hydrogen-bond acceptors (Lipinski definition) is 4. The highest BCUT2D eigenvalue weighted by atomic mass is 16.3. The molecule has 482 valence electrons. The summed E-state index contributed by atoms with van der Waals surface area (Å²) >= 11 is 0. The summed E-state index contributed by atoms with van der Waals surface area (Å²) in [6.07, 6.45) is 0. The van der Waals surface area contributed by atoms with Crippen molar-refractivity contribution in [1.29, 1.82) is 0 Å². The van der Waals surface area contributed by atoms with Crippen LogP contribution in [0.25, 0.3) is 143 Å². The Morgan fingerprint density at radius 2 is 0.637 bits per heavy atom. The van der Waals surface area contributed by atoms with Gasteiger partial charge >= 0.3 is 0 Å². The maximum Gasteiger partial charge on any atom is 0.159 e. The Labute approximate surface area is 592 Å². The molecule has 0 saturated carbocycles. The first-order valence-corrected chi connectivity index (χ1v) is 35.4. The minimum atomic E-state index is -0.320. The second kappa shape index (κ2) is 22.9. The van der Waals surface area contributed by atoms with Gasteiger partial charge in [0.1, 0.15) is 16.7 Å². The van der Waals surface area contributed by atoms with Gasteiger partial charge in [-0.25, -0.2) is 0 Å². The Bertz CT molecular complexity index is 6470. The number of nitrogens with zero attached hydrogens (tertiary/aromatic N) is 2. The molecular weight excluding hydrogens is 1240 g/mol. The number of furan rings is 2. The summed E-state index contributed by atoms with van der Waals surface area (Å²) in [5, 5.41) is 9.22. The zero-order chi connectivity index (χ0) is 68.0. The van der Waals surface area contributed by atoms with Gasteiger partial charge < -0.3 is 18.6 Å². The van der Waals surface area contributed by atoms with Crippen molar-refractivity contribution in [3.05, 3.63) is 362 Å². The summed E-state index contributed by atoms with van der Waals surface area (Å²) in [5.74, 6) is 0. The summed E-state index contributed by atoms with van der Waals surface area (Å²) in [6.45, 7) is 9.55. The highest BCUT2D eigenvalue weighted by Crippen LogP contribution is 2.56. The van der Waals surface area contributed by atoms with Gasteiger partial charge in [0, 0.05) is 60.6 Å². The molecule has 18 aromatic rings. The van der Waals surface area contributed by atoms with E-state index in [1.54, 1.807) is 0 Å². The first kappa shape index (κ1) is 59.3. The van der Waals surface area contributed by atoms with E-state index in [2.05, 4.69) is 377 Å². The Morgan fingerprint density at radius 1 is 0.216 bits per heavy atom. The Kier molecular flexibility index (Phi) is 13.3. The molecule has 0 atom stereocenters. The minimum Gasteiger partial charge on any atom is -0.456 e. The molecule has 4 heteroatoms. The largest absolute Gasteiger partial charge is 0.456 e. The van der Waals surface area contributed by atoms with E-state index in [1.165, 1.54) is 88.3 Å². The maximum absolute atomic E-state index is 7.02. The maximum atomic E-state index is 7.02. The lowest BCUT2D eigenvalue weighted by atomic mass is 9.81. The van der Waals surface area contributed by atoms with Gasteiger partial charge in [0.2, 0.25) is 0 Å². The van der Waals surface area contributed by atoms with Gasteiger partial charge in [0.05, 0.1) is 17.1 Å². The number of fused-ring (bicyclic) bond motifs is 14.